The molecule has 0 bridgehead atoms. The Bertz CT molecular complexity index is 1110. The second-order valence-electron chi connectivity index (χ2n) is 10.9. The van der Waals surface area contributed by atoms with Crippen molar-refractivity contribution in [1.82, 2.24) is 15.1 Å². The summed E-state index contributed by atoms with van der Waals surface area (Å²) in [5.74, 6) is -0.211. The van der Waals surface area contributed by atoms with E-state index in [1.165, 1.54) is 0 Å². The number of carbonyl (C=O) groups excluding carboxylic acids is 3. The van der Waals surface area contributed by atoms with Gasteiger partial charge in [-0.2, -0.15) is 0 Å². The molecule has 8 nitrogen and oxygen atoms in total. The number of nitrogens with one attached hydrogen (secondary N) is 2. The number of rotatable bonds is 4. The van der Waals surface area contributed by atoms with Gasteiger partial charge in [0.1, 0.15) is 0 Å². The Hall–Kier alpha value is -3.55. The van der Waals surface area contributed by atoms with E-state index in [4.69, 9.17) is 0 Å². The standard InChI is InChI=1S/C29H39N5O3/c1-29(2,3)31-28(37)34-18-10-17-32(19-20-34)25-14-13-23(30-26(35)22-11-6-4-7-12-22)21-24(25)27(36)33-15-8-5-9-16-33/h4,6-7,11-14,21H,5,8-10,15-20H2,1-3H3,(H,30,35)(H,31,37). The van der Waals surface area contributed by atoms with Gasteiger partial charge in [-0.1, -0.05) is 18.2 Å². The van der Waals surface area contributed by atoms with E-state index in [1.807, 2.05) is 67.0 Å². The highest BCUT2D eigenvalue weighted by atomic mass is 16.2. The first kappa shape index (κ1) is 26.5. The predicted molar refractivity (Wildman–Crippen MR) is 147 cm³/mol. The van der Waals surface area contributed by atoms with Crippen LogP contribution in [0.25, 0.3) is 0 Å². The first-order valence-electron chi connectivity index (χ1n) is 13.3. The molecule has 2 N–H and O–H groups in total. The Kier molecular flexibility index (Phi) is 8.36. The number of urea groups is 1. The molecule has 0 saturated carbocycles. The zero-order valence-corrected chi connectivity index (χ0v) is 22.3. The molecule has 2 aliphatic rings. The molecule has 2 aromatic carbocycles. The van der Waals surface area contributed by atoms with Crippen molar-refractivity contribution in [3.8, 4) is 0 Å². The lowest BCUT2D eigenvalue weighted by molar-refractivity contribution is 0.0724. The van der Waals surface area contributed by atoms with E-state index in [0.29, 0.717) is 36.4 Å². The Morgan fingerprint density at radius 1 is 0.757 bits per heavy atom. The van der Waals surface area contributed by atoms with Gasteiger partial charge in [0.2, 0.25) is 0 Å². The van der Waals surface area contributed by atoms with Gasteiger partial charge in [0.15, 0.2) is 0 Å². The average Bonchev–Trinajstić information content (AvgIpc) is 3.15. The van der Waals surface area contributed by atoms with Crippen LogP contribution in [0.2, 0.25) is 0 Å². The second-order valence-corrected chi connectivity index (χ2v) is 10.9. The van der Waals surface area contributed by atoms with Crippen LogP contribution in [0, 0.1) is 0 Å². The van der Waals surface area contributed by atoms with Gasteiger partial charge in [-0.05, 0) is 76.8 Å². The van der Waals surface area contributed by atoms with E-state index in [1.54, 1.807) is 12.1 Å². The largest absolute Gasteiger partial charge is 0.369 e. The van der Waals surface area contributed by atoms with Gasteiger partial charge < -0.3 is 25.3 Å². The first-order valence-corrected chi connectivity index (χ1v) is 13.3. The minimum Gasteiger partial charge on any atom is -0.369 e. The van der Waals surface area contributed by atoms with Gasteiger partial charge in [0.25, 0.3) is 11.8 Å². The highest BCUT2D eigenvalue weighted by Crippen LogP contribution is 2.28. The maximum Gasteiger partial charge on any atom is 0.317 e. The molecule has 37 heavy (non-hydrogen) atoms. The molecular formula is C29H39N5O3. The van der Waals surface area contributed by atoms with Gasteiger partial charge >= 0.3 is 6.03 Å². The van der Waals surface area contributed by atoms with E-state index in [0.717, 1.165) is 51.0 Å². The molecular weight excluding hydrogens is 466 g/mol. The van der Waals surface area contributed by atoms with Crippen LogP contribution in [0.15, 0.2) is 48.5 Å². The summed E-state index contributed by atoms with van der Waals surface area (Å²) in [6, 6.07) is 14.6. The van der Waals surface area contributed by atoms with Gasteiger partial charge in [0.05, 0.1) is 5.56 Å². The Morgan fingerprint density at radius 2 is 1.46 bits per heavy atom. The van der Waals surface area contributed by atoms with Crippen molar-refractivity contribution in [1.29, 1.82) is 0 Å². The van der Waals surface area contributed by atoms with Crippen molar-refractivity contribution in [2.24, 2.45) is 0 Å². The highest BCUT2D eigenvalue weighted by Gasteiger charge is 2.27. The molecule has 198 valence electrons. The first-order chi connectivity index (χ1) is 17.7. The number of anilines is 2. The van der Waals surface area contributed by atoms with Crippen molar-refractivity contribution < 1.29 is 14.4 Å². The number of nitrogens with zero attached hydrogens (tertiary/aromatic N) is 3. The number of amides is 4. The summed E-state index contributed by atoms with van der Waals surface area (Å²) in [7, 11) is 0. The van der Waals surface area contributed by atoms with Gasteiger partial charge in [-0.25, -0.2) is 4.79 Å². The van der Waals surface area contributed by atoms with Gasteiger partial charge in [0, 0.05) is 61.7 Å². The topological polar surface area (TPSA) is 85.0 Å². The van der Waals surface area contributed by atoms with Crippen molar-refractivity contribution in [2.75, 3.05) is 49.5 Å². The number of likely N-dealkylation sites (tertiary alicyclic amines) is 1. The third-order valence-corrected chi connectivity index (χ3v) is 6.77. The Labute approximate surface area is 220 Å². The molecule has 0 aromatic heterocycles. The number of carbonyl (C=O) groups is 3. The molecule has 4 amide bonds. The molecule has 2 saturated heterocycles. The number of hydrogen-bond donors (Lipinski definition) is 2. The van der Waals surface area contributed by atoms with E-state index < -0.39 is 0 Å². The zero-order chi connectivity index (χ0) is 26.4. The maximum absolute atomic E-state index is 13.7. The maximum atomic E-state index is 13.7. The lowest BCUT2D eigenvalue weighted by atomic mass is 10.1. The summed E-state index contributed by atoms with van der Waals surface area (Å²) in [4.78, 5) is 45.2. The minimum absolute atomic E-state index is 0.00270. The second kappa shape index (κ2) is 11.7. The lowest BCUT2D eigenvalue weighted by Gasteiger charge is -2.31. The minimum atomic E-state index is -0.295. The monoisotopic (exact) mass is 505 g/mol. The number of hydrogen-bond acceptors (Lipinski definition) is 4. The summed E-state index contributed by atoms with van der Waals surface area (Å²) in [5, 5.41) is 6.00. The molecule has 0 radical (unpaired) electrons. The van der Waals surface area contributed by atoms with Crippen LogP contribution in [0.5, 0.6) is 0 Å². The molecule has 2 heterocycles. The van der Waals surface area contributed by atoms with E-state index in [2.05, 4.69) is 15.5 Å². The summed E-state index contributed by atoms with van der Waals surface area (Å²) in [5.41, 5.74) is 2.32. The normalized spacial score (nSPS) is 16.7. The SMILES string of the molecule is CC(C)(C)NC(=O)N1CCCN(c2ccc(NC(=O)c3ccccc3)cc2C(=O)N2CCCCC2)CC1. The van der Waals surface area contributed by atoms with Crippen LogP contribution in [-0.2, 0) is 0 Å². The summed E-state index contributed by atoms with van der Waals surface area (Å²) >= 11 is 0. The van der Waals surface area contributed by atoms with Crippen LogP contribution >= 0.6 is 0 Å². The van der Waals surface area contributed by atoms with Crippen molar-refractivity contribution in [3.05, 3.63) is 59.7 Å². The van der Waals surface area contributed by atoms with Crippen LogP contribution < -0.4 is 15.5 Å². The zero-order valence-electron chi connectivity index (χ0n) is 22.3. The molecule has 0 atom stereocenters. The van der Waals surface area contributed by atoms with Crippen LogP contribution in [0.4, 0.5) is 16.2 Å². The molecule has 2 aromatic rings. The fraction of sp³-hybridized carbons (Fsp3) is 0.483. The average molecular weight is 506 g/mol. The molecule has 0 unspecified atom stereocenters. The predicted octanol–water partition coefficient (Wildman–Crippen LogP) is 4.59. The molecule has 2 aliphatic heterocycles. The summed E-state index contributed by atoms with van der Waals surface area (Å²) in [6.07, 6.45) is 3.96. The number of benzene rings is 2. The fourth-order valence-electron chi connectivity index (χ4n) is 4.88. The molecule has 0 aliphatic carbocycles. The van der Waals surface area contributed by atoms with Gasteiger partial charge in [-0.3, -0.25) is 9.59 Å². The van der Waals surface area contributed by atoms with Crippen molar-refractivity contribution in [3.63, 3.8) is 0 Å². The molecule has 2 fully saturated rings. The van der Waals surface area contributed by atoms with E-state index >= 15 is 0 Å². The lowest BCUT2D eigenvalue weighted by Crippen LogP contribution is -2.49. The van der Waals surface area contributed by atoms with Crippen LogP contribution in [0.1, 0.15) is 67.2 Å². The fourth-order valence-corrected chi connectivity index (χ4v) is 4.88. The smallest absolute Gasteiger partial charge is 0.317 e. The third-order valence-electron chi connectivity index (χ3n) is 6.77. The van der Waals surface area contributed by atoms with Gasteiger partial charge in [-0.15, -0.1) is 0 Å². The van der Waals surface area contributed by atoms with Crippen molar-refractivity contribution in [2.45, 2.75) is 52.0 Å². The van der Waals surface area contributed by atoms with Crippen LogP contribution in [-0.4, -0.2) is 72.5 Å². The molecule has 0 spiro atoms. The van der Waals surface area contributed by atoms with E-state index in [-0.39, 0.29) is 23.4 Å². The van der Waals surface area contributed by atoms with Crippen molar-refractivity contribution >= 4 is 29.2 Å². The van der Waals surface area contributed by atoms with Crippen LogP contribution in [0.3, 0.4) is 0 Å². The van der Waals surface area contributed by atoms with E-state index in [9.17, 15) is 14.4 Å². The Balaban J connectivity index is 1.56. The highest BCUT2D eigenvalue weighted by molar-refractivity contribution is 6.06. The number of piperidine rings is 1. The molecule has 8 heteroatoms. The summed E-state index contributed by atoms with van der Waals surface area (Å²) in [6.45, 7) is 10.1. The quantitative estimate of drug-likeness (QED) is 0.637. The summed E-state index contributed by atoms with van der Waals surface area (Å²) < 4.78 is 0. The Morgan fingerprint density at radius 3 is 2.16 bits per heavy atom. The molecule has 4 rings (SSSR count). The third kappa shape index (κ3) is 7.02.